The van der Waals surface area contributed by atoms with Crippen molar-refractivity contribution in [3.8, 4) is 11.1 Å². The molecule has 3 aromatic rings. The van der Waals surface area contributed by atoms with E-state index >= 15 is 0 Å². The average Bonchev–Trinajstić information content (AvgIpc) is 3.06. The second kappa shape index (κ2) is 7.75. The molecule has 1 atom stereocenters. The summed E-state index contributed by atoms with van der Waals surface area (Å²) in [4.78, 5) is 13.1. The third-order valence-corrected chi connectivity index (χ3v) is 5.43. The average molecular weight is 352 g/mol. The van der Waals surface area contributed by atoms with Gasteiger partial charge < -0.3 is 0 Å². The van der Waals surface area contributed by atoms with Crippen molar-refractivity contribution in [1.82, 2.24) is 0 Å². The zero-order chi connectivity index (χ0) is 18.6. The van der Waals surface area contributed by atoms with Crippen LogP contribution in [0.1, 0.15) is 43.2 Å². The summed E-state index contributed by atoms with van der Waals surface area (Å²) >= 11 is 0. The standard InChI is InChI=1S/C26H24O/c1-2-9-23-24(18-25(26(23)27)21-12-7-4-8-13-21)22-16-14-20(15-17-22)19-10-5-3-6-11-19/h3-8,10-17,25H,2,9,18H2,1H3. The van der Waals surface area contributed by atoms with Crippen LogP contribution >= 0.6 is 0 Å². The monoisotopic (exact) mass is 352 g/mol. The highest BCUT2D eigenvalue weighted by Crippen LogP contribution is 2.42. The van der Waals surface area contributed by atoms with E-state index in [-0.39, 0.29) is 5.92 Å². The molecule has 134 valence electrons. The van der Waals surface area contributed by atoms with Crippen LogP contribution in [0.2, 0.25) is 0 Å². The predicted octanol–water partition coefficient (Wildman–Crippen LogP) is 6.66. The van der Waals surface area contributed by atoms with Crippen molar-refractivity contribution in [2.24, 2.45) is 0 Å². The molecule has 1 aliphatic carbocycles. The summed E-state index contributed by atoms with van der Waals surface area (Å²) in [5, 5.41) is 0. The number of carbonyl (C=O) groups is 1. The number of ketones is 1. The molecule has 1 aliphatic rings. The molecular weight excluding hydrogens is 328 g/mol. The van der Waals surface area contributed by atoms with Crippen LogP contribution in [0.15, 0.2) is 90.5 Å². The Hall–Kier alpha value is -2.93. The van der Waals surface area contributed by atoms with Gasteiger partial charge in [-0.15, -0.1) is 0 Å². The van der Waals surface area contributed by atoms with Crippen LogP contribution in [0.5, 0.6) is 0 Å². The number of benzene rings is 3. The topological polar surface area (TPSA) is 17.1 Å². The number of hydrogen-bond acceptors (Lipinski definition) is 1. The minimum Gasteiger partial charge on any atom is -0.294 e. The summed E-state index contributed by atoms with van der Waals surface area (Å²) in [5.41, 5.74) is 7.00. The summed E-state index contributed by atoms with van der Waals surface area (Å²) in [6, 6.07) is 29.3. The van der Waals surface area contributed by atoms with Gasteiger partial charge in [-0.25, -0.2) is 0 Å². The molecule has 4 rings (SSSR count). The zero-order valence-electron chi connectivity index (χ0n) is 15.7. The summed E-state index contributed by atoms with van der Waals surface area (Å²) < 4.78 is 0. The third kappa shape index (κ3) is 3.50. The Bertz CT molecular complexity index is 950. The number of Topliss-reactive ketones (excluding diaryl/α,β-unsaturated/α-hetero) is 1. The Morgan fingerprint density at radius 2 is 1.30 bits per heavy atom. The molecule has 3 aromatic carbocycles. The Morgan fingerprint density at radius 1 is 0.741 bits per heavy atom. The van der Waals surface area contributed by atoms with Gasteiger partial charge in [0.25, 0.3) is 0 Å². The molecule has 0 saturated carbocycles. The Kier molecular flexibility index (Phi) is 5.02. The molecule has 0 heterocycles. The Morgan fingerprint density at radius 3 is 1.93 bits per heavy atom. The van der Waals surface area contributed by atoms with Crippen LogP contribution in [-0.4, -0.2) is 5.78 Å². The summed E-state index contributed by atoms with van der Waals surface area (Å²) in [6.07, 6.45) is 2.66. The Labute approximate surface area is 161 Å². The molecule has 27 heavy (non-hydrogen) atoms. The fourth-order valence-electron chi connectivity index (χ4n) is 4.04. The lowest BCUT2D eigenvalue weighted by molar-refractivity contribution is -0.116. The van der Waals surface area contributed by atoms with Gasteiger partial charge in [0.05, 0.1) is 5.92 Å². The molecular formula is C26H24O. The van der Waals surface area contributed by atoms with E-state index in [2.05, 4.69) is 67.6 Å². The lowest BCUT2D eigenvalue weighted by Crippen LogP contribution is -2.08. The largest absolute Gasteiger partial charge is 0.294 e. The van der Waals surface area contributed by atoms with E-state index < -0.39 is 0 Å². The first-order valence-corrected chi connectivity index (χ1v) is 9.75. The van der Waals surface area contributed by atoms with Crippen molar-refractivity contribution in [3.63, 3.8) is 0 Å². The summed E-state index contributed by atoms with van der Waals surface area (Å²) in [5.74, 6) is 0.279. The van der Waals surface area contributed by atoms with Crippen LogP contribution in [0.4, 0.5) is 0 Å². The van der Waals surface area contributed by atoms with Gasteiger partial charge in [0.2, 0.25) is 0 Å². The van der Waals surface area contributed by atoms with Crippen LogP contribution in [0.3, 0.4) is 0 Å². The Balaban J connectivity index is 1.67. The minimum absolute atomic E-state index is 0.0310. The van der Waals surface area contributed by atoms with E-state index in [0.717, 1.165) is 30.4 Å². The first-order chi connectivity index (χ1) is 13.3. The van der Waals surface area contributed by atoms with Gasteiger partial charge in [0, 0.05) is 0 Å². The second-order valence-electron chi connectivity index (χ2n) is 7.18. The van der Waals surface area contributed by atoms with Crippen molar-refractivity contribution < 1.29 is 4.79 Å². The molecule has 0 amide bonds. The summed E-state index contributed by atoms with van der Waals surface area (Å²) in [6.45, 7) is 2.15. The molecule has 1 heteroatoms. The first-order valence-electron chi connectivity index (χ1n) is 9.75. The molecule has 0 saturated heterocycles. The third-order valence-electron chi connectivity index (χ3n) is 5.43. The maximum Gasteiger partial charge on any atom is 0.166 e. The highest BCUT2D eigenvalue weighted by atomic mass is 16.1. The van der Waals surface area contributed by atoms with Crippen LogP contribution in [0.25, 0.3) is 16.7 Å². The van der Waals surface area contributed by atoms with Crippen molar-refractivity contribution in [3.05, 3.63) is 102 Å². The number of rotatable bonds is 5. The van der Waals surface area contributed by atoms with E-state index in [1.54, 1.807) is 0 Å². The van der Waals surface area contributed by atoms with Gasteiger partial charge >= 0.3 is 0 Å². The van der Waals surface area contributed by atoms with E-state index in [1.807, 2.05) is 24.3 Å². The van der Waals surface area contributed by atoms with E-state index in [4.69, 9.17) is 0 Å². The van der Waals surface area contributed by atoms with Crippen LogP contribution in [0, 0.1) is 0 Å². The molecule has 1 nitrogen and oxygen atoms in total. The molecule has 0 radical (unpaired) electrons. The molecule has 0 aliphatic heterocycles. The van der Waals surface area contributed by atoms with Gasteiger partial charge in [-0.1, -0.05) is 98.3 Å². The predicted molar refractivity (Wildman–Crippen MR) is 113 cm³/mol. The maximum absolute atomic E-state index is 13.1. The molecule has 0 spiro atoms. The van der Waals surface area contributed by atoms with Crippen molar-refractivity contribution >= 4 is 11.4 Å². The highest BCUT2D eigenvalue weighted by molar-refractivity contribution is 6.11. The number of hydrogen-bond donors (Lipinski definition) is 0. The fourth-order valence-corrected chi connectivity index (χ4v) is 4.04. The number of allylic oxidation sites excluding steroid dienone is 2. The SMILES string of the molecule is CCCC1=C(c2ccc(-c3ccccc3)cc2)CC(c2ccccc2)C1=O. The normalized spacial score (nSPS) is 16.8. The molecule has 0 N–H and O–H groups in total. The number of carbonyl (C=O) groups excluding carboxylic acids is 1. The lowest BCUT2D eigenvalue weighted by atomic mass is 9.93. The van der Waals surface area contributed by atoms with Crippen LogP contribution in [-0.2, 0) is 4.79 Å². The smallest absolute Gasteiger partial charge is 0.166 e. The molecule has 0 bridgehead atoms. The van der Waals surface area contributed by atoms with E-state index in [9.17, 15) is 4.79 Å². The second-order valence-corrected chi connectivity index (χ2v) is 7.18. The molecule has 1 unspecified atom stereocenters. The van der Waals surface area contributed by atoms with Crippen molar-refractivity contribution in [2.75, 3.05) is 0 Å². The quantitative estimate of drug-likeness (QED) is 0.501. The minimum atomic E-state index is -0.0310. The first kappa shape index (κ1) is 17.5. The zero-order valence-corrected chi connectivity index (χ0v) is 15.7. The van der Waals surface area contributed by atoms with E-state index in [1.165, 1.54) is 22.3 Å². The van der Waals surface area contributed by atoms with Gasteiger partial charge in [-0.2, -0.15) is 0 Å². The van der Waals surface area contributed by atoms with Gasteiger partial charge in [0.15, 0.2) is 5.78 Å². The highest BCUT2D eigenvalue weighted by Gasteiger charge is 2.33. The van der Waals surface area contributed by atoms with Gasteiger partial charge in [0.1, 0.15) is 0 Å². The fraction of sp³-hybridized carbons (Fsp3) is 0.192. The lowest BCUT2D eigenvalue weighted by Gasteiger charge is -2.10. The van der Waals surface area contributed by atoms with Crippen LogP contribution < -0.4 is 0 Å². The van der Waals surface area contributed by atoms with Crippen molar-refractivity contribution in [2.45, 2.75) is 32.1 Å². The summed E-state index contributed by atoms with van der Waals surface area (Å²) in [7, 11) is 0. The van der Waals surface area contributed by atoms with Gasteiger partial charge in [-0.3, -0.25) is 4.79 Å². The molecule has 0 fully saturated rings. The van der Waals surface area contributed by atoms with Gasteiger partial charge in [-0.05, 0) is 46.2 Å². The van der Waals surface area contributed by atoms with E-state index in [0.29, 0.717) is 5.78 Å². The molecule has 0 aromatic heterocycles. The van der Waals surface area contributed by atoms with Crippen molar-refractivity contribution in [1.29, 1.82) is 0 Å². The maximum atomic E-state index is 13.1.